The van der Waals surface area contributed by atoms with Gasteiger partial charge in [-0.15, -0.1) is 13.2 Å². The van der Waals surface area contributed by atoms with Crippen LogP contribution in [0.15, 0.2) is 54.0 Å². The summed E-state index contributed by atoms with van der Waals surface area (Å²) in [6.45, 7) is 0. The summed E-state index contributed by atoms with van der Waals surface area (Å²) in [7, 11) is 4.57. The lowest BCUT2D eigenvalue weighted by atomic mass is 9.77. The zero-order valence-electron chi connectivity index (χ0n) is 20.1. The Labute approximate surface area is 209 Å². The molecule has 2 aromatic carbocycles. The summed E-state index contributed by atoms with van der Waals surface area (Å²) in [6, 6.07) is 8.42. The van der Waals surface area contributed by atoms with Crippen LogP contribution in [0, 0.1) is 0 Å². The van der Waals surface area contributed by atoms with Crippen LogP contribution in [0.25, 0.3) is 0 Å². The van der Waals surface area contributed by atoms with Crippen LogP contribution >= 0.6 is 0 Å². The van der Waals surface area contributed by atoms with Crippen molar-refractivity contribution in [3.8, 4) is 23.0 Å². The van der Waals surface area contributed by atoms with E-state index in [1.165, 1.54) is 51.9 Å². The predicted octanol–water partition coefficient (Wildman–Crippen LogP) is 4.62. The summed E-state index contributed by atoms with van der Waals surface area (Å²) in [4.78, 5) is 17.8. The smallest absolute Gasteiger partial charge is 0.493 e. The topological polar surface area (TPSA) is 96.7 Å². The quantitative estimate of drug-likeness (QED) is 0.507. The van der Waals surface area contributed by atoms with Crippen molar-refractivity contribution in [2.24, 2.45) is 0 Å². The Morgan fingerprint density at radius 2 is 1.65 bits per heavy atom. The van der Waals surface area contributed by atoms with E-state index in [4.69, 9.17) is 14.2 Å². The molecule has 0 unspecified atom stereocenters. The second-order valence-electron chi connectivity index (χ2n) is 8.55. The Balaban J connectivity index is 1.52. The van der Waals surface area contributed by atoms with Gasteiger partial charge in [-0.25, -0.2) is 4.68 Å². The minimum Gasteiger partial charge on any atom is -0.493 e. The second kappa shape index (κ2) is 9.34. The van der Waals surface area contributed by atoms with Gasteiger partial charge in [-0.1, -0.05) is 12.1 Å². The molecule has 2 heterocycles. The highest BCUT2D eigenvalue weighted by atomic mass is 19.4. The maximum Gasteiger partial charge on any atom is 0.573 e. The van der Waals surface area contributed by atoms with Gasteiger partial charge in [0.1, 0.15) is 18.1 Å². The second-order valence-corrected chi connectivity index (χ2v) is 8.55. The van der Waals surface area contributed by atoms with Crippen LogP contribution in [-0.2, 0) is 4.79 Å². The molecule has 194 valence electrons. The number of ketones is 1. The third-order valence-corrected chi connectivity index (χ3v) is 6.45. The fourth-order valence-electron chi connectivity index (χ4n) is 4.88. The van der Waals surface area contributed by atoms with Crippen molar-refractivity contribution in [2.45, 2.75) is 31.2 Å². The number of methoxy groups -OCH3 is 3. The third kappa shape index (κ3) is 4.54. The lowest BCUT2D eigenvalue weighted by Crippen LogP contribution is -2.33. The van der Waals surface area contributed by atoms with Crippen molar-refractivity contribution >= 4 is 11.7 Å². The Hall–Kier alpha value is -4.22. The number of rotatable bonds is 6. The average molecular weight is 516 g/mol. The molecule has 12 heteroatoms. The minimum absolute atomic E-state index is 0.116. The summed E-state index contributed by atoms with van der Waals surface area (Å²) in [5.74, 6) is 1.20. The molecule has 0 saturated carbocycles. The lowest BCUT2D eigenvalue weighted by Gasteiger charge is -2.35. The van der Waals surface area contributed by atoms with Crippen molar-refractivity contribution < 1.29 is 36.9 Å². The van der Waals surface area contributed by atoms with Crippen molar-refractivity contribution in [3.63, 3.8) is 0 Å². The highest BCUT2D eigenvalue weighted by Gasteiger charge is 2.40. The number of carbonyl (C=O) groups is 1. The van der Waals surface area contributed by atoms with Crippen LogP contribution in [0.5, 0.6) is 23.0 Å². The molecule has 2 atom stereocenters. The number of allylic oxidation sites excluding steroid dienone is 2. The first kappa shape index (κ1) is 24.5. The molecular weight excluding hydrogens is 493 g/mol. The van der Waals surface area contributed by atoms with Gasteiger partial charge in [0.05, 0.1) is 21.3 Å². The normalized spacial score (nSPS) is 19.0. The average Bonchev–Trinajstić information content (AvgIpc) is 3.34. The summed E-state index contributed by atoms with van der Waals surface area (Å²) < 4.78 is 59.7. The van der Waals surface area contributed by atoms with E-state index >= 15 is 0 Å². The highest BCUT2D eigenvalue weighted by molar-refractivity contribution is 6.00. The summed E-state index contributed by atoms with van der Waals surface area (Å²) in [6.07, 6.45) is -2.75. The van der Waals surface area contributed by atoms with Crippen molar-refractivity contribution in [1.82, 2.24) is 14.8 Å². The summed E-state index contributed by atoms with van der Waals surface area (Å²) in [5, 5.41) is 7.48. The van der Waals surface area contributed by atoms with Crippen molar-refractivity contribution in [2.75, 3.05) is 26.6 Å². The van der Waals surface area contributed by atoms with E-state index in [9.17, 15) is 18.0 Å². The number of anilines is 1. The van der Waals surface area contributed by atoms with E-state index in [0.29, 0.717) is 46.5 Å². The predicted molar refractivity (Wildman–Crippen MR) is 125 cm³/mol. The number of aromatic nitrogens is 3. The molecule has 37 heavy (non-hydrogen) atoms. The molecular formula is C25H23F3N4O5. The van der Waals surface area contributed by atoms with Crippen LogP contribution in [0.2, 0.25) is 0 Å². The number of alkyl halides is 3. The maximum atomic E-state index is 13.6. The molecule has 0 amide bonds. The largest absolute Gasteiger partial charge is 0.573 e. The number of hydrogen-bond donors (Lipinski definition) is 1. The molecule has 0 fully saturated rings. The molecule has 0 saturated heterocycles. The Morgan fingerprint density at radius 1 is 0.973 bits per heavy atom. The molecule has 1 aliphatic carbocycles. The lowest BCUT2D eigenvalue weighted by molar-refractivity contribution is -0.274. The van der Waals surface area contributed by atoms with Crippen molar-refractivity contribution in [1.29, 1.82) is 0 Å². The van der Waals surface area contributed by atoms with Gasteiger partial charge in [0.25, 0.3) is 0 Å². The maximum absolute atomic E-state index is 13.6. The number of halogens is 3. The fourth-order valence-corrected chi connectivity index (χ4v) is 4.88. The zero-order chi connectivity index (χ0) is 26.3. The van der Waals surface area contributed by atoms with E-state index in [0.717, 1.165) is 5.56 Å². The van der Waals surface area contributed by atoms with Gasteiger partial charge in [-0.05, 0) is 47.7 Å². The Morgan fingerprint density at radius 3 is 2.24 bits per heavy atom. The van der Waals surface area contributed by atoms with Gasteiger partial charge < -0.3 is 24.3 Å². The number of nitrogens with one attached hydrogen (secondary N) is 1. The number of Topliss-reactive ketones (excluding diaryl/α,β-unsaturated/α-hetero) is 1. The van der Waals surface area contributed by atoms with Crippen LogP contribution in [0.1, 0.15) is 35.9 Å². The van der Waals surface area contributed by atoms with Gasteiger partial charge in [0.15, 0.2) is 17.3 Å². The van der Waals surface area contributed by atoms with E-state index in [2.05, 4.69) is 20.1 Å². The van der Waals surface area contributed by atoms with Gasteiger partial charge in [-0.2, -0.15) is 10.1 Å². The monoisotopic (exact) mass is 516 g/mol. The number of nitrogens with zero attached hydrogens (tertiary/aromatic N) is 3. The van der Waals surface area contributed by atoms with E-state index < -0.39 is 12.4 Å². The van der Waals surface area contributed by atoms with Crippen molar-refractivity contribution in [3.05, 3.63) is 65.1 Å². The first-order valence-corrected chi connectivity index (χ1v) is 11.3. The first-order valence-electron chi connectivity index (χ1n) is 11.3. The number of fused-ring (bicyclic) bond motifs is 1. The molecule has 0 spiro atoms. The van der Waals surface area contributed by atoms with Crippen LogP contribution in [0.4, 0.5) is 19.1 Å². The van der Waals surface area contributed by atoms with Crippen LogP contribution in [-0.4, -0.2) is 48.2 Å². The van der Waals surface area contributed by atoms with E-state index in [1.807, 2.05) is 12.1 Å². The molecule has 1 aromatic heterocycles. The number of benzene rings is 2. The number of hydrogen-bond acceptors (Lipinski definition) is 8. The number of carbonyl (C=O) groups excluding carboxylic acids is 1. The highest BCUT2D eigenvalue weighted by Crippen LogP contribution is 2.47. The fraction of sp³-hybridized carbons (Fsp3) is 0.320. The molecule has 1 N–H and O–H groups in total. The van der Waals surface area contributed by atoms with E-state index in [1.54, 1.807) is 4.68 Å². The van der Waals surface area contributed by atoms with Crippen LogP contribution < -0.4 is 24.3 Å². The summed E-state index contributed by atoms with van der Waals surface area (Å²) in [5.41, 5.74) is 2.59. The molecule has 9 nitrogen and oxygen atoms in total. The molecule has 2 aliphatic rings. The Bertz CT molecular complexity index is 1340. The molecule has 3 aromatic rings. The van der Waals surface area contributed by atoms with Gasteiger partial charge >= 0.3 is 6.36 Å². The zero-order valence-corrected chi connectivity index (χ0v) is 20.1. The molecule has 5 rings (SSSR count). The number of ether oxygens (including phenoxy) is 4. The molecule has 0 radical (unpaired) electrons. The SMILES string of the molecule is COc1cc([C@H]2CC(=O)C3=C(C2)Nc2ncnn2[C@H]3c2ccc(OC(F)(F)F)cc2)cc(OC)c1OC. The third-order valence-electron chi connectivity index (χ3n) is 6.45. The van der Waals surface area contributed by atoms with Gasteiger partial charge in [-0.3, -0.25) is 4.79 Å². The first-order chi connectivity index (χ1) is 17.7. The standard InChI is InChI=1S/C25H23F3N4O5/c1-34-19-10-15(11-20(35-2)23(19)36-3)14-8-17-21(18(33)9-14)22(32-24(31-17)29-12-30-32)13-4-6-16(7-5-13)37-25(26,27)28/h4-7,10-12,14,22H,8-9H2,1-3H3,(H,29,30,31)/t14-,22+/m1/s1. The van der Waals surface area contributed by atoms with Crippen LogP contribution in [0.3, 0.4) is 0 Å². The molecule has 0 bridgehead atoms. The van der Waals surface area contributed by atoms with Gasteiger partial charge in [0, 0.05) is 17.7 Å². The minimum atomic E-state index is -4.80. The van der Waals surface area contributed by atoms with Gasteiger partial charge in [0.2, 0.25) is 11.7 Å². The Kier molecular flexibility index (Phi) is 6.18. The van der Waals surface area contributed by atoms with E-state index in [-0.39, 0.29) is 23.9 Å². The summed E-state index contributed by atoms with van der Waals surface area (Å²) >= 11 is 0. The molecule has 1 aliphatic heterocycles.